The Balaban J connectivity index is 2.26. The van der Waals surface area contributed by atoms with Crippen molar-refractivity contribution in [3.63, 3.8) is 0 Å². The van der Waals surface area contributed by atoms with Crippen molar-refractivity contribution in [2.45, 2.75) is 0 Å². The molecule has 0 saturated carbocycles. The van der Waals surface area contributed by atoms with Gasteiger partial charge in [-0.25, -0.2) is 4.39 Å². The number of carbonyl (C=O) groups is 1. The molecule has 0 aliphatic rings. The van der Waals surface area contributed by atoms with Crippen LogP contribution in [0, 0.1) is 5.82 Å². The molecule has 1 amide bonds. The van der Waals surface area contributed by atoms with Gasteiger partial charge in [0.25, 0.3) is 5.91 Å². The maximum absolute atomic E-state index is 13.6. The number of amides is 1. The van der Waals surface area contributed by atoms with Crippen LogP contribution in [0.25, 0.3) is 0 Å². The Hall–Kier alpha value is -2.27. The molecular weight excluding hydrogens is 283 g/mol. The SMILES string of the molecule is COc1cc(N)cc(C(=O)Nc2ccc(Cl)cc2F)c1. The number of nitrogens with one attached hydrogen (secondary N) is 1. The number of carbonyl (C=O) groups excluding carboxylic acids is 1. The van der Waals surface area contributed by atoms with Gasteiger partial charge in [0.1, 0.15) is 11.6 Å². The van der Waals surface area contributed by atoms with Crippen LogP contribution in [0.5, 0.6) is 5.75 Å². The van der Waals surface area contributed by atoms with Crippen molar-refractivity contribution in [2.24, 2.45) is 0 Å². The number of methoxy groups -OCH3 is 1. The van der Waals surface area contributed by atoms with Crippen molar-refractivity contribution in [2.75, 3.05) is 18.2 Å². The molecule has 2 aromatic rings. The molecule has 0 aliphatic heterocycles. The number of nitrogen functional groups attached to an aromatic ring is 1. The van der Waals surface area contributed by atoms with Crippen LogP contribution < -0.4 is 15.8 Å². The molecule has 0 fully saturated rings. The van der Waals surface area contributed by atoms with Crippen LogP contribution in [0.4, 0.5) is 15.8 Å². The largest absolute Gasteiger partial charge is 0.497 e. The molecule has 0 atom stereocenters. The second kappa shape index (κ2) is 5.79. The molecule has 2 aromatic carbocycles. The second-order valence-corrected chi connectivity index (χ2v) is 4.51. The molecule has 0 aromatic heterocycles. The average Bonchev–Trinajstić information content (AvgIpc) is 2.41. The lowest BCUT2D eigenvalue weighted by atomic mass is 10.1. The molecule has 0 saturated heterocycles. The Morgan fingerprint density at radius 3 is 2.70 bits per heavy atom. The molecule has 2 rings (SSSR count). The Kier molecular flexibility index (Phi) is 4.10. The Bertz CT molecular complexity index is 662. The van der Waals surface area contributed by atoms with Gasteiger partial charge in [-0.1, -0.05) is 11.6 Å². The summed E-state index contributed by atoms with van der Waals surface area (Å²) >= 11 is 5.65. The number of nitrogens with two attached hydrogens (primary N) is 1. The summed E-state index contributed by atoms with van der Waals surface area (Å²) in [5.74, 6) is -0.648. The molecule has 0 unspecified atom stereocenters. The summed E-state index contributed by atoms with van der Waals surface area (Å²) < 4.78 is 18.6. The Labute approximate surface area is 120 Å². The molecule has 3 N–H and O–H groups in total. The first kappa shape index (κ1) is 14.1. The van der Waals surface area contributed by atoms with Gasteiger partial charge in [-0.3, -0.25) is 4.79 Å². The summed E-state index contributed by atoms with van der Waals surface area (Å²) in [6, 6.07) is 8.57. The van der Waals surface area contributed by atoms with Gasteiger partial charge in [-0.05, 0) is 30.3 Å². The van der Waals surface area contributed by atoms with E-state index in [2.05, 4.69) is 5.32 Å². The van der Waals surface area contributed by atoms with Crippen molar-refractivity contribution in [1.82, 2.24) is 0 Å². The van der Waals surface area contributed by atoms with Crippen molar-refractivity contribution in [1.29, 1.82) is 0 Å². The van der Waals surface area contributed by atoms with Crippen molar-refractivity contribution in [3.05, 3.63) is 52.8 Å². The lowest BCUT2D eigenvalue weighted by Crippen LogP contribution is -2.13. The normalized spacial score (nSPS) is 10.2. The first-order valence-corrected chi connectivity index (χ1v) is 6.08. The molecule has 20 heavy (non-hydrogen) atoms. The summed E-state index contributed by atoms with van der Waals surface area (Å²) in [6.07, 6.45) is 0. The van der Waals surface area contributed by atoms with Crippen LogP contribution in [-0.4, -0.2) is 13.0 Å². The van der Waals surface area contributed by atoms with E-state index in [9.17, 15) is 9.18 Å². The quantitative estimate of drug-likeness (QED) is 0.854. The van der Waals surface area contributed by atoms with Gasteiger partial charge in [-0.15, -0.1) is 0 Å². The van der Waals surface area contributed by atoms with E-state index in [4.69, 9.17) is 22.1 Å². The van der Waals surface area contributed by atoms with Crippen LogP contribution in [0.3, 0.4) is 0 Å². The van der Waals surface area contributed by atoms with Gasteiger partial charge in [0.05, 0.1) is 12.8 Å². The van der Waals surface area contributed by atoms with Crippen LogP contribution >= 0.6 is 11.6 Å². The zero-order valence-corrected chi connectivity index (χ0v) is 11.4. The van der Waals surface area contributed by atoms with E-state index in [1.54, 1.807) is 6.07 Å². The fourth-order valence-corrected chi connectivity index (χ4v) is 1.82. The zero-order chi connectivity index (χ0) is 14.7. The summed E-state index contributed by atoms with van der Waals surface area (Å²) in [4.78, 5) is 12.0. The highest BCUT2D eigenvalue weighted by atomic mass is 35.5. The highest BCUT2D eigenvalue weighted by Gasteiger charge is 2.11. The molecule has 0 radical (unpaired) electrons. The maximum atomic E-state index is 13.6. The van der Waals surface area contributed by atoms with E-state index in [0.29, 0.717) is 11.4 Å². The number of hydrogen-bond donors (Lipinski definition) is 2. The third kappa shape index (κ3) is 3.19. The minimum atomic E-state index is -0.610. The summed E-state index contributed by atoms with van der Waals surface area (Å²) in [5, 5.41) is 2.70. The lowest BCUT2D eigenvalue weighted by Gasteiger charge is -2.09. The fourth-order valence-electron chi connectivity index (χ4n) is 1.66. The van der Waals surface area contributed by atoms with E-state index in [-0.39, 0.29) is 16.3 Å². The average molecular weight is 295 g/mol. The van der Waals surface area contributed by atoms with Gasteiger partial charge in [0.15, 0.2) is 0 Å². The minimum Gasteiger partial charge on any atom is -0.497 e. The molecule has 0 heterocycles. The maximum Gasteiger partial charge on any atom is 0.255 e. The molecule has 4 nitrogen and oxygen atoms in total. The van der Waals surface area contributed by atoms with E-state index in [1.807, 2.05) is 0 Å². The second-order valence-electron chi connectivity index (χ2n) is 4.07. The van der Waals surface area contributed by atoms with E-state index >= 15 is 0 Å². The zero-order valence-electron chi connectivity index (χ0n) is 10.6. The van der Waals surface area contributed by atoms with Crippen LogP contribution in [0.15, 0.2) is 36.4 Å². The van der Waals surface area contributed by atoms with Crippen LogP contribution in [0.2, 0.25) is 5.02 Å². The Morgan fingerprint density at radius 1 is 1.30 bits per heavy atom. The minimum absolute atomic E-state index is 0.0424. The third-order valence-corrected chi connectivity index (χ3v) is 2.84. The van der Waals surface area contributed by atoms with E-state index in [1.165, 1.54) is 31.4 Å². The fraction of sp³-hybridized carbons (Fsp3) is 0.0714. The predicted octanol–water partition coefficient (Wildman–Crippen LogP) is 3.32. The Morgan fingerprint density at radius 2 is 2.05 bits per heavy atom. The van der Waals surface area contributed by atoms with Crippen LogP contribution in [-0.2, 0) is 0 Å². The summed E-state index contributed by atoms with van der Waals surface area (Å²) in [5.41, 5.74) is 6.36. The molecule has 0 bridgehead atoms. The number of benzene rings is 2. The van der Waals surface area contributed by atoms with Crippen molar-refractivity contribution < 1.29 is 13.9 Å². The van der Waals surface area contributed by atoms with E-state index in [0.717, 1.165) is 6.07 Å². The molecular formula is C14H12ClFN2O2. The number of hydrogen-bond acceptors (Lipinski definition) is 3. The monoisotopic (exact) mass is 294 g/mol. The van der Waals surface area contributed by atoms with Crippen molar-refractivity contribution >= 4 is 28.9 Å². The molecule has 0 spiro atoms. The molecule has 104 valence electrons. The number of ether oxygens (including phenoxy) is 1. The van der Waals surface area contributed by atoms with Gasteiger partial charge >= 0.3 is 0 Å². The highest BCUT2D eigenvalue weighted by Crippen LogP contribution is 2.22. The summed E-state index contributed by atoms with van der Waals surface area (Å²) in [6.45, 7) is 0. The third-order valence-electron chi connectivity index (χ3n) is 2.61. The molecule has 0 aliphatic carbocycles. The lowest BCUT2D eigenvalue weighted by molar-refractivity contribution is 0.102. The first-order valence-electron chi connectivity index (χ1n) is 5.70. The standard InChI is InChI=1S/C14H12ClFN2O2/c1-20-11-5-8(4-10(17)7-11)14(19)18-13-3-2-9(15)6-12(13)16/h2-7H,17H2,1H3,(H,18,19). The smallest absolute Gasteiger partial charge is 0.255 e. The van der Waals surface area contributed by atoms with Gasteiger partial charge in [-0.2, -0.15) is 0 Å². The summed E-state index contributed by atoms with van der Waals surface area (Å²) in [7, 11) is 1.47. The number of halogens is 2. The van der Waals surface area contributed by atoms with E-state index < -0.39 is 11.7 Å². The molecule has 6 heteroatoms. The number of rotatable bonds is 3. The topological polar surface area (TPSA) is 64.3 Å². The van der Waals surface area contributed by atoms with Crippen LogP contribution in [0.1, 0.15) is 10.4 Å². The highest BCUT2D eigenvalue weighted by molar-refractivity contribution is 6.30. The van der Waals surface area contributed by atoms with Gasteiger partial charge < -0.3 is 15.8 Å². The van der Waals surface area contributed by atoms with Gasteiger partial charge in [0.2, 0.25) is 0 Å². The van der Waals surface area contributed by atoms with Gasteiger partial charge in [0, 0.05) is 22.3 Å². The number of anilines is 2. The first-order chi connectivity index (χ1) is 9.49. The predicted molar refractivity (Wildman–Crippen MR) is 76.8 cm³/mol. The van der Waals surface area contributed by atoms with Crippen molar-refractivity contribution in [3.8, 4) is 5.75 Å².